The Balaban J connectivity index is 0.00000146. The SMILES string of the molecule is Cc1nn(C2COC2)c2nc(C3NCC34CCNC4=O)cnc12.Cl. The van der Waals surface area contributed by atoms with Gasteiger partial charge < -0.3 is 15.4 Å². The van der Waals surface area contributed by atoms with E-state index < -0.39 is 0 Å². The highest BCUT2D eigenvalue weighted by Gasteiger charge is 2.56. The summed E-state index contributed by atoms with van der Waals surface area (Å²) in [5, 5.41) is 10.9. The molecular formula is C15H19ClN6O2. The highest BCUT2D eigenvalue weighted by atomic mass is 35.5. The van der Waals surface area contributed by atoms with Crippen LogP contribution in [0, 0.1) is 12.3 Å². The van der Waals surface area contributed by atoms with Crippen LogP contribution in [-0.4, -0.2) is 52.0 Å². The number of ether oxygens (including phenoxy) is 1. The van der Waals surface area contributed by atoms with E-state index in [1.165, 1.54) is 0 Å². The predicted molar refractivity (Wildman–Crippen MR) is 88.0 cm³/mol. The lowest BCUT2D eigenvalue weighted by Gasteiger charge is -2.45. The zero-order chi connectivity index (χ0) is 15.6. The molecule has 3 aliphatic heterocycles. The van der Waals surface area contributed by atoms with Gasteiger partial charge >= 0.3 is 0 Å². The van der Waals surface area contributed by atoms with Gasteiger partial charge in [-0.1, -0.05) is 0 Å². The fourth-order valence-corrected chi connectivity index (χ4v) is 3.79. The molecule has 9 heteroatoms. The van der Waals surface area contributed by atoms with Crippen molar-refractivity contribution in [2.24, 2.45) is 5.41 Å². The van der Waals surface area contributed by atoms with E-state index in [1.54, 1.807) is 6.20 Å². The van der Waals surface area contributed by atoms with E-state index in [4.69, 9.17) is 9.72 Å². The number of aryl methyl sites for hydroxylation is 1. The van der Waals surface area contributed by atoms with Gasteiger partial charge in [-0.15, -0.1) is 12.4 Å². The van der Waals surface area contributed by atoms with Gasteiger partial charge in [-0.2, -0.15) is 5.10 Å². The van der Waals surface area contributed by atoms with Crippen molar-refractivity contribution < 1.29 is 9.53 Å². The molecule has 2 aromatic rings. The van der Waals surface area contributed by atoms with Crippen LogP contribution in [0.3, 0.4) is 0 Å². The molecule has 0 aromatic carbocycles. The number of halogens is 1. The van der Waals surface area contributed by atoms with Gasteiger partial charge in [0.15, 0.2) is 5.65 Å². The summed E-state index contributed by atoms with van der Waals surface area (Å²) in [6.45, 7) is 4.72. The smallest absolute Gasteiger partial charge is 0.229 e. The lowest BCUT2D eigenvalue weighted by Crippen LogP contribution is -2.59. The molecule has 1 spiro atoms. The molecule has 2 N–H and O–H groups in total. The third-order valence-corrected chi connectivity index (χ3v) is 5.34. The van der Waals surface area contributed by atoms with E-state index in [0.29, 0.717) is 19.8 Å². The summed E-state index contributed by atoms with van der Waals surface area (Å²) in [5.41, 5.74) is 2.95. The van der Waals surface area contributed by atoms with Crippen LogP contribution in [0.2, 0.25) is 0 Å². The molecule has 0 saturated carbocycles. The minimum atomic E-state index is -0.359. The van der Waals surface area contributed by atoms with Crippen LogP contribution < -0.4 is 10.6 Å². The molecule has 5 rings (SSSR count). The molecule has 2 unspecified atom stereocenters. The van der Waals surface area contributed by atoms with Crippen LogP contribution in [0.25, 0.3) is 11.2 Å². The minimum Gasteiger partial charge on any atom is -0.377 e. The Labute approximate surface area is 144 Å². The van der Waals surface area contributed by atoms with Gasteiger partial charge in [-0.25, -0.2) is 14.6 Å². The van der Waals surface area contributed by atoms with Gasteiger partial charge in [0.05, 0.1) is 42.3 Å². The predicted octanol–water partition coefficient (Wildman–Crippen LogP) is 0.278. The summed E-state index contributed by atoms with van der Waals surface area (Å²) in [4.78, 5) is 21.6. The average molecular weight is 351 g/mol. The number of nitrogens with zero attached hydrogens (tertiary/aromatic N) is 4. The summed E-state index contributed by atoms with van der Waals surface area (Å²) in [5.74, 6) is 0.125. The van der Waals surface area contributed by atoms with Crippen molar-refractivity contribution in [2.45, 2.75) is 25.4 Å². The number of amides is 1. The molecule has 1 amide bonds. The number of rotatable bonds is 2. The number of hydrogen-bond acceptors (Lipinski definition) is 6. The van der Waals surface area contributed by atoms with E-state index in [0.717, 1.165) is 35.5 Å². The summed E-state index contributed by atoms with van der Waals surface area (Å²) in [6.07, 6.45) is 2.63. The minimum absolute atomic E-state index is 0. The number of nitrogens with one attached hydrogen (secondary N) is 2. The van der Waals surface area contributed by atoms with E-state index in [1.807, 2.05) is 11.6 Å². The molecule has 128 valence electrons. The topological polar surface area (TPSA) is 94.0 Å². The second kappa shape index (κ2) is 5.37. The summed E-state index contributed by atoms with van der Waals surface area (Å²) in [6, 6.07) is 0.164. The van der Waals surface area contributed by atoms with Crippen LogP contribution in [0.15, 0.2) is 6.20 Å². The maximum atomic E-state index is 12.2. The van der Waals surface area contributed by atoms with Gasteiger partial charge in [0.2, 0.25) is 5.91 Å². The van der Waals surface area contributed by atoms with Crippen molar-refractivity contribution in [3.63, 3.8) is 0 Å². The van der Waals surface area contributed by atoms with Crippen molar-refractivity contribution >= 4 is 29.5 Å². The molecule has 2 aromatic heterocycles. The number of carbonyl (C=O) groups is 1. The maximum Gasteiger partial charge on any atom is 0.229 e. The molecule has 8 nitrogen and oxygen atoms in total. The fourth-order valence-electron chi connectivity index (χ4n) is 3.79. The number of carbonyl (C=O) groups excluding carboxylic acids is 1. The van der Waals surface area contributed by atoms with Crippen molar-refractivity contribution in [2.75, 3.05) is 26.3 Å². The second-order valence-electron chi connectivity index (χ2n) is 6.66. The number of aromatic nitrogens is 4. The van der Waals surface area contributed by atoms with Crippen molar-refractivity contribution in [3.8, 4) is 0 Å². The largest absolute Gasteiger partial charge is 0.377 e. The number of hydrogen-bond donors (Lipinski definition) is 2. The Morgan fingerprint density at radius 2 is 2.25 bits per heavy atom. The Hall–Kier alpha value is -1.77. The molecule has 3 saturated heterocycles. The lowest BCUT2D eigenvalue weighted by molar-refractivity contribution is -0.133. The van der Waals surface area contributed by atoms with E-state index >= 15 is 0 Å². The standard InChI is InChI=1S/C15H18N6O2.ClH/c1-8-11-13(21(20-8)9-5-23-6-9)19-10(4-17-11)12-15(7-18-12)2-3-16-14(15)22;/h4,9,12,18H,2-3,5-7H2,1H3,(H,16,22);1H. The van der Waals surface area contributed by atoms with Gasteiger partial charge in [-0.3, -0.25) is 4.79 Å². The fraction of sp³-hybridized carbons (Fsp3) is 0.600. The van der Waals surface area contributed by atoms with Crippen LogP contribution in [0.4, 0.5) is 0 Å². The Morgan fingerprint density at radius 3 is 2.83 bits per heavy atom. The Kier molecular flexibility index (Phi) is 3.52. The first-order chi connectivity index (χ1) is 11.2. The number of fused-ring (bicyclic) bond motifs is 1. The molecule has 24 heavy (non-hydrogen) atoms. The normalized spacial score (nSPS) is 29.2. The molecule has 0 bridgehead atoms. The first kappa shape index (κ1) is 15.7. The lowest BCUT2D eigenvalue weighted by atomic mass is 9.71. The van der Waals surface area contributed by atoms with Gasteiger partial charge in [0, 0.05) is 13.1 Å². The van der Waals surface area contributed by atoms with E-state index in [9.17, 15) is 4.79 Å². The summed E-state index contributed by atoms with van der Waals surface area (Å²) < 4.78 is 7.19. The van der Waals surface area contributed by atoms with Crippen LogP contribution in [0.5, 0.6) is 0 Å². The molecule has 0 radical (unpaired) electrons. The summed E-state index contributed by atoms with van der Waals surface area (Å²) >= 11 is 0. The molecule has 0 aliphatic carbocycles. The zero-order valence-electron chi connectivity index (χ0n) is 13.3. The Morgan fingerprint density at radius 1 is 1.42 bits per heavy atom. The molecule has 3 aliphatic rings. The zero-order valence-corrected chi connectivity index (χ0v) is 14.1. The summed E-state index contributed by atoms with van der Waals surface area (Å²) in [7, 11) is 0. The first-order valence-electron chi connectivity index (χ1n) is 8.00. The van der Waals surface area contributed by atoms with E-state index in [-0.39, 0.29) is 35.8 Å². The van der Waals surface area contributed by atoms with Gasteiger partial charge in [0.25, 0.3) is 0 Å². The first-order valence-corrected chi connectivity index (χ1v) is 8.00. The highest BCUT2D eigenvalue weighted by molar-refractivity contribution is 5.87. The monoisotopic (exact) mass is 350 g/mol. The quantitative estimate of drug-likeness (QED) is 0.808. The maximum absolute atomic E-state index is 12.2. The van der Waals surface area contributed by atoms with Crippen LogP contribution in [0.1, 0.15) is 29.9 Å². The van der Waals surface area contributed by atoms with Crippen molar-refractivity contribution in [1.82, 2.24) is 30.4 Å². The second-order valence-corrected chi connectivity index (χ2v) is 6.66. The van der Waals surface area contributed by atoms with Crippen molar-refractivity contribution in [3.05, 3.63) is 17.6 Å². The third kappa shape index (κ3) is 1.93. The molecule has 2 atom stereocenters. The van der Waals surface area contributed by atoms with E-state index in [2.05, 4.69) is 20.7 Å². The molecule has 3 fully saturated rings. The van der Waals surface area contributed by atoms with Gasteiger partial charge in [-0.05, 0) is 13.3 Å². The van der Waals surface area contributed by atoms with Gasteiger partial charge in [0.1, 0.15) is 11.6 Å². The van der Waals surface area contributed by atoms with Crippen LogP contribution >= 0.6 is 12.4 Å². The average Bonchev–Trinajstić information content (AvgIpc) is 3.00. The van der Waals surface area contributed by atoms with Crippen molar-refractivity contribution in [1.29, 1.82) is 0 Å². The molecule has 5 heterocycles. The van der Waals surface area contributed by atoms with Crippen LogP contribution in [-0.2, 0) is 9.53 Å². The third-order valence-electron chi connectivity index (χ3n) is 5.34. The highest BCUT2D eigenvalue weighted by Crippen LogP contribution is 2.45. The Bertz CT molecular complexity index is 820. The molecular weight excluding hydrogens is 332 g/mol.